The van der Waals surface area contributed by atoms with Crippen molar-refractivity contribution in [2.45, 2.75) is 12.8 Å². The van der Waals surface area contributed by atoms with Crippen LogP contribution in [-0.2, 0) is 6.42 Å². The van der Waals surface area contributed by atoms with Crippen LogP contribution in [0.4, 0.5) is 0 Å². The number of benzene rings is 1. The van der Waals surface area contributed by atoms with Crippen molar-refractivity contribution in [3.63, 3.8) is 0 Å². The van der Waals surface area contributed by atoms with E-state index in [-0.39, 0.29) is 0 Å². The second-order valence-corrected chi connectivity index (χ2v) is 3.52. The van der Waals surface area contributed by atoms with E-state index < -0.39 is 0 Å². The average molecular weight is 230 g/mol. The van der Waals surface area contributed by atoms with E-state index >= 15 is 0 Å². The molecule has 0 saturated carbocycles. The fourth-order valence-electron chi connectivity index (χ4n) is 1.05. The molecule has 0 fully saturated rings. The van der Waals surface area contributed by atoms with E-state index in [1.165, 1.54) is 0 Å². The van der Waals surface area contributed by atoms with Gasteiger partial charge in [0.15, 0.2) is 0 Å². The molecule has 0 saturated heterocycles. The van der Waals surface area contributed by atoms with E-state index in [1.807, 2.05) is 6.07 Å². The Morgan fingerprint density at radius 1 is 1.42 bits per heavy atom. The highest BCUT2D eigenvalue weighted by molar-refractivity contribution is 9.10. The first-order valence-corrected chi connectivity index (χ1v) is 4.71. The Kier molecular flexibility index (Phi) is 3.56. The van der Waals surface area contributed by atoms with Crippen LogP contribution >= 0.6 is 15.9 Å². The maximum atomic E-state index is 9.18. The predicted octanol–water partition coefficient (Wildman–Crippen LogP) is 2.05. The summed E-state index contributed by atoms with van der Waals surface area (Å²) in [7, 11) is 0. The summed E-state index contributed by atoms with van der Waals surface area (Å²) in [6.45, 7) is 0.683. The van der Waals surface area contributed by atoms with E-state index in [2.05, 4.69) is 15.9 Å². The molecule has 0 spiro atoms. The third kappa shape index (κ3) is 2.50. The molecule has 0 amide bonds. The Bertz CT molecular complexity index is 263. The molecule has 3 heteroatoms. The highest BCUT2D eigenvalue weighted by atomic mass is 79.9. The molecule has 1 aromatic carbocycles. The van der Waals surface area contributed by atoms with Gasteiger partial charge in [0.05, 0.1) is 0 Å². The van der Waals surface area contributed by atoms with Gasteiger partial charge in [0.1, 0.15) is 5.75 Å². The maximum Gasteiger partial charge on any atom is 0.115 e. The summed E-state index contributed by atoms with van der Waals surface area (Å²) in [6.07, 6.45) is 1.85. The van der Waals surface area contributed by atoms with Crippen molar-refractivity contribution < 1.29 is 5.11 Å². The minimum Gasteiger partial charge on any atom is -0.508 e. The largest absolute Gasteiger partial charge is 0.508 e. The summed E-state index contributed by atoms with van der Waals surface area (Å²) in [6, 6.07) is 5.27. The number of phenolic OH excluding ortho intramolecular Hbond substituents is 1. The van der Waals surface area contributed by atoms with Gasteiger partial charge in [0.25, 0.3) is 0 Å². The van der Waals surface area contributed by atoms with Gasteiger partial charge in [-0.05, 0) is 43.1 Å². The van der Waals surface area contributed by atoms with Gasteiger partial charge < -0.3 is 10.8 Å². The van der Waals surface area contributed by atoms with Crippen LogP contribution in [-0.4, -0.2) is 11.7 Å². The van der Waals surface area contributed by atoms with Crippen LogP contribution in [0, 0.1) is 0 Å². The van der Waals surface area contributed by atoms with Crippen LogP contribution in [0.2, 0.25) is 0 Å². The van der Waals surface area contributed by atoms with Crippen LogP contribution in [0.3, 0.4) is 0 Å². The van der Waals surface area contributed by atoms with Crippen LogP contribution in [0.1, 0.15) is 12.0 Å². The zero-order valence-corrected chi connectivity index (χ0v) is 8.34. The predicted molar refractivity (Wildman–Crippen MR) is 53.2 cm³/mol. The number of phenols is 1. The molecule has 2 nitrogen and oxygen atoms in total. The van der Waals surface area contributed by atoms with Crippen molar-refractivity contribution in [1.82, 2.24) is 0 Å². The fourth-order valence-corrected chi connectivity index (χ4v) is 1.49. The van der Waals surface area contributed by atoms with Crippen LogP contribution in [0.5, 0.6) is 5.75 Å². The van der Waals surface area contributed by atoms with Crippen molar-refractivity contribution in [3.05, 3.63) is 28.2 Å². The Labute approximate surface area is 80.5 Å². The third-order valence-corrected chi connectivity index (χ3v) is 2.45. The topological polar surface area (TPSA) is 46.2 Å². The smallest absolute Gasteiger partial charge is 0.115 e. The van der Waals surface area contributed by atoms with Crippen molar-refractivity contribution in [3.8, 4) is 5.75 Å². The van der Waals surface area contributed by atoms with Crippen LogP contribution in [0.15, 0.2) is 22.7 Å². The van der Waals surface area contributed by atoms with Crippen LogP contribution in [0.25, 0.3) is 0 Å². The molecule has 0 aliphatic carbocycles. The maximum absolute atomic E-state index is 9.18. The summed E-state index contributed by atoms with van der Waals surface area (Å²) in [5.74, 6) is 0.310. The summed E-state index contributed by atoms with van der Waals surface area (Å²) < 4.78 is 1.04. The summed E-state index contributed by atoms with van der Waals surface area (Å²) in [5.41, 5.74) is 6.50. The van der Waals surface area contributed by atoms with Crippen molar-refractivity contribution in [2.24, 2.45) is 5.73 Å². The lowest BCUT2D eigenvalue weighted by molar-refractivity contribution is 0.474. The van der Waals surface area contributed by atoms with E-state index in [0.717, 1.165) is 22.9 Å². The van der Waals surface area contributed by atoms with Gasteiger partial charge in [0.2, 0.25) is 0 Å². The lowest BCUT2D eigenvalue weighted by Crippen LogP contribution is -2.00. The summed E-state index contributed by atoms with van der Waals surface area (Å²) in [5, 5.41) is 9.18. The number of halogens is 1. The van der Waals surface area contributed by atoms with Crippen molar-refractivity contribution in [2.75, 3.05) is 6.54 Å². The van der Waals surface area contributed by atoms with Gasteiger partial charge in [-0.25, -0.2) is 0 Å². The molecule has 3 N–H and O–H groups in total. The lowest BCUT2D eigenvalue weighted by Gasteiger charge is -2.03. The molecule has 0 unspecified atom stereocenters. The highest BCUT2D eigenvalue weighted by Crippen LogP contribution is 2.22. The number of aromatic hydroxyl groups is 1. The Morgan fingerprint density at radius 2 is 2.17 bits per heavy atom. The second-order valence-electron chi connectivity index (χ2n) is 2.67. The zero-order chi connectivity index (χ0) is 8.97. The standard InChI is InChI=1S/C9H12BrNO/c10-9-4-3-8(12)6-7(9)2-1-5-11/h3-4,6,12H,1-2,5,11H2. The Morgan fingerprint density at radius 3 is 2.83 bits per heavy atom. The number of nitrogens with two attached hydrogens (primary N) is 1. The summed E-state index contributed by atoms with van der Waals surface area (Å²) >= 11 is 3.41. The quantitative estimate of drug-likeness (QED) is 0.834. The minimum absolute atomic E-state index is 0.310. The SMILES string of the molecule is NCCCc1cc(O)ccc1Br. The molecule has 0 bridgehead atoms. The molecule has 1 aromatic rings. The first-order valence-electron chi connectivity index (χ1n) is 3.91. The van der Waals surface area contributed by atoms with Gasteiger partial charge in [-0.3, -0.25) is 0 Å². The van der Waals surface area contributed by atoms with Gasteiger partial charge in [-0.15, -0.1) is 0 Å². The van der Waals surface area contributed by atoms with Crippen molar-refractivity contribution >= 4 is 15.9 Å². The van der Waals surface area contributed by atoms with E-state index in [1.54, 1.807) is 12.1 Å². The van der Waals surface area contributed by atoms with Crippen LogP contribution < -0.4 is 5.73 Å². The molecule has 0 heterocycles. The third-order valence-electron chi connectivity index (χ3n) is 1.68. The van der Waals surface area contributed by atoms with E-state index in [0.29, 0.717) is 12.3 Å². The zero-order valence-electron chi connectivity index (χ0n) is 6.76. The molecule has 66 valence electrons. The van der Waals surface area contributed by atoms with Gasteiger partial charge >= 0.3 is 0 Å². The van der Waals surface area contributed by atoms with E-state index in [9.17, 15) is 5.11 Å². The molecular weight excluding hydrogens is 218 g/mol. The Hall–Kier alpha value is -0.540. The highest BCUT2D eigenvalue weighted by Gasteiger charge is 1.99. The molecule has 0 radical (unpaired) electrons. The first-order chi connectivity index (χ1) is 5.74. The second kappa shape index (κ2) is 4.48. The average Bonchev–Trinajstić information content (AvgIpc) is 2.07. The summed E-state index contributed by atoms with van der Waals surface area (Å²) in [4.78, 5) is 0. The molecule has 0 aromatic heterocycles. The lowest BCUT2D eigenvalue weighted by atomic mass is 10.1. The van der Waals surface area contributed by atoms with Gasteiger partial charge in [-0.1, -0.05) is 15.9 Å². The Balaban J connectivity index is 2.75. The molecule has 0 aliphatic rings. The normalized spacial score (nSPS) is 10.2. The molecule has 0 atom stereocenters. The van der Waals surface area contributed by atoms with Crippen molar-refractivity contribution in [1.29, 1.82) is 0 Å². The molecule has 0 aliphatic heterocycles. The molecular formula is C9H12BrNO. The fraction of sp³-hybridized carbons (Fsp3) is 0.333. The van der Waals surface area contributed by atoms with E-state index in [4.69, 9.17) is 5.73 Å². The molecule has 12 heavy (non-hydrogen) atoms. The minimum atomic E-state index is 0.310. The first kappa shape index (κ1) is 9.55. The molecule has 1 rings (SSSR count). The number of hydrogen-bond acceptors (Lipinski definition) is 2. The van der Waals surface area contributed by atoms with Gasteiger partial charge in [-0.2, -0.15) is 0 Å². The van der Waals surface area contributed by atoms with Gasteiger partial charge in [0, 0.05) is 4.47 Å². The number of rotatable bonds is 3. The number of hydrogen-bond donors (Lipinski definition) is 2. The number of aryl methyl sites for hydroxylation is 1. The monoisotopic (exact) mass is 229 g/mol.